The number of methoxy groups -OCH3 is 2. The van der Waals surface area contributed by atoms with Crippen LogP contribution in [-0.2, 0) is 9.59 Å². The highest BCUT2D eigenvalue weighted by molar-refractivity contribution is 6.46. The number of carbonyl (C=O) groups excluding carboxylic acids is 2. The number of amides is 1. The van der Waals surface area contributed by atoms with Gasteiger partial charge in [0.25, 0.3) is 11.7 Å². The van der Waals surface area contributed by atoms with Gasteiger partial charge in [0.1, 0.15) is 23.1 Å². The maximum Gasteiger partial charge on any atom is 0.295 e. The molecule has 1 heterocycles. The number of hydrogen-bond donors (Lipinski definition) is 1. The molecule has 0 radical (unpaired) electrons. The first-order valence-electron chi connectivity index (χ1n) is 9.70. The summed E-state index contributed by atoms with van der Waals surface area (Å²) in [5.74, 6) is -2.07. The van der Waals surface area contributed by atoms with Gasteiger partial charge in [-0.15, -0.1) is 0 Å². The topological polar surface area (TPSA) is 79.3 Å². The molecule has 2 aromatic carbocycles. The van der Waals surface area contributed by atoms with Crippen molar-refractivity contribution in [2.24, 2.45) is 0 Å². The van der Waals surface area contributed by atoms with Crippen molar-refractivity contribution in [1.82, 2.24) is 9.80 Å². The van der Waals surface area contributed by atoms with E-state index < -0.39 is 29.3 Å². The first-order chi connectivity index (χ1) is 14.8. The van der Waals surface area contributed by atoms with E-state index in [4.69, 9.17) is 9.47 Å². The Labute approximate surface area is 180 Å². The maximum absolute atomic E-state index is 14.0. The molecule has 2 aromatic rings. The first-order valence-corrected chi connectivity index (χ1v) is 9.70. The van der Waals surface area contributed by atoms with Gasteiger partial charge >= 0.3 is 0 Å². The third-order valence-corrected chi connectivity index (χ3v) is 5.18. The fourth-order valence-corrected chi connectivity index (χ4v) is 3.64. The number of Topliss-reactive ketones (excluding diaryl/α,β-unsaturated/α-hetero) is 1. The predicted molar refractivity (Wildman–Crippen MR) is 114 cm³/mol. The normalized spacial score (nSPS) is 18.0. The highest BCUT2D eigenvalue weighted by atomic mass is 19.1. The van der Waals surface area contributed by atoms with Crippen LogP contribution in [0.1, 0.15) is 17.2 Å². The molecular weight excluding hydrogens is 403 g/mol. The first kappa shape index (κ1) is 22.3. The van der Waals surface area contributed by atoms with Gasteiger partial charge in [-0.2, -0.15) is 0 Å². The van der Waals surface area contributed by atoms with E-state index in [1.807, 2.05) is 19.0 Å². The van der Waals surface area contributed by atoms with Gasteiger partial charge in [0.05, 0.1) is 31.4 Å². The lowest BCUT2D eigenvalue weighted by molar-refractivity contribution is -0.140. The SMILES string of the molecule is COc1ccc(F)cc1C(O)=C1C(=O)C(=O)N(CCN(C)C)C1c1ccccc1OC. The van der Waals surface area contributed by atoms with E-state index in [9.17, 15) is 19.1 Å². The Bertz CT molecular complexity index is 1030. The van der Waals surface area contributed by atoms with Crippen LogP contribution in [0.2, 0.25) is 0 Å². The van der Waals surface area contributed by atoms with Crippen LogP contribution in [0.4, 0.5) is 4.39 Å². The third kappa shape index (κ3) is 4.25. The van der Waals surface area contributed by atoms with Gasteiger partial charge in [-0.3, -0.25) is 9.59 Å². The molecule has 3 rings (SSSR count). The average molecular weight is 428 g/mol. The van der Waals surface area contributed by atoms with Crippen LogP contribution in [0.15, 0.2) is 48.0 Å². The zero-order chi connectivity index (χ0) is 22.7. The molecule has 31 heavy (non-hydrogen) atoms. The number of nitrogens with zero attached hydrogens (tertiary/aromatic N) is 2. The second-order valence-corrected chi connectivity index (χ2v) is 7.38. The number of hydrogen-bond acceptors (Lipinski definition) is 6. The standard InChI is InChI=1S/C23H25FN2O5/c1-25(2)11-12-26-20(15-7-5-6-8-17(15)30-3)19(22(28)23(26)29)21(27)16-13-14(24)9-10-18(16)31-4/h5-10,13,20,27H,11-12H2,1-4H3. The molecule has 164 valence electrons. The van der Waals surface area contributed by atoms with Gasteiger partial charge in [0, 0.05) is 18.7 Å². The van der Waals surface area contributed by atoms with E-state index in [0.717, 1.165) is 6.07 Å². The molecule has 1 atom stereocenters. The van der Waals surface area contributed by atoms with Gasteiger partial charge in [-0.1, -0.05) is 18.2 Å². The van der Waals surface area contributed by atoms with Crippen LogP contribution in [0.3, 0.4) is 0 Å². The second kappa shape index (κ2) is 9.18. The molecule has 0 saturated carbocycles. The van der Waals surface area contributed by atoms with Gasteiger partial charge in [0.2, 0.25) is 0 Å². The Morgan fingerprint density at radius 2 is 1.77 bits per heavy atom. The highest BCUT2D eigenvalue weighted by Gasteiger charge is 2.47. The third-order valence-electron chi connectivity index (χ3n) is 5.18. The van der Waals surface area contributed by atoms with Gasteiger partial charge < -0.3 is 24.4 Å². The van der Waals surface area contributed by atoms with Gasteiger partial charge in [-0.05, 0) is 38.4 Å². The Morgan fingerprint density at radius 3 is 2.42 bits per heavy atom. The lowest BCUT2D eigenvalue weighted by Gasteiger charge is -2.27. The number of carbonyl (C=O) groups is 2. The molecule has 1 fully saturated rings. The Hall–Kier alpha value is -3.39. The van der Waals surface area contributed by atoms with Gasteiger partial charge in [0.15, 0.2) is 0 Å². The minimum absolute atomic E-state index is 0.00647. The van der Waals surface area contributed by atoms with Crippen molar-refractivity contribution in [2.45, 2.75) is 6.04 Å². The Kier molecular flexibility index (Phi) is 6.60. The number of rotatable bonds is 7. The van der Waals surface area contributed by atoms with Crippen LogP contribution >= 0.6 is 0 Å². The molecule has 1 amide bonds. The minimum Gasteiger partial charge on any atom is -0.507 e. The maximum atomic E-state index is 14.0. The summed E-state index contributed by atoms with van der Waals surface area (Å²) in [7, 11) is 6.57. The van der Waals surface area contributed by atoms with Crippen molar-refractivity contribution in [3.05, 3.63) is 65.0 Å². The predicted octanol–water partition coefficient (Wildman–Crippen LogP) is 2.83. The number of para-hydroxylation sites is 1. The van der Waals surface area contributed by atoms with Crippen molar-refractivity contribution in [2.75, 3.05) is 41.4 Å². The lowest BCUT2D eigenvalue weighted by atomic mass is 9.94. The lowest BCUT2D eigenvalue weighted by Crippen LogP contribution is -2.35. The smallest absolute Gasteiger partial charge is 0.295 e. The van der Waals surface area contributed by atoms with Crippen LogP contribution in [0.5, 0.6) is 11.5 Å². The van der Waals surface area contributed by atoms with Crippen molar-refractivity contribution in [3.63, 3.8) is 0 Å². The summed E-state index contributed by atoms with van der Waals surface area (Å²) in [6.07, 6.45) is 0. The van der Waals surface area contributed by atoms with E-state index in [2.05, 4.69) is 0 Å². The summed E-state index contributed by atoms with van der Waals surface area (Å²) in [6.45, 7) is 0.749. The number of ketones is 1. The van der Waals surface area contributed by atoms with Crippen molar-refractivity contribution in [3.8, 4) is 11.5 Å². The number of halogens is 1. The van der Waals surface area contributed by atoms with Gasteiger partial charge in [-0.25, -0.2) is 4.39 Å². The summed E-state index contributed by atoms with van der Waals surface area (Å²) < 4.78 is 24.6. The molecule has 0 aromatic heterocycles. The van der Waals surface area contributed by atoms with E-state index in [-0.39, 0.29) is 23.4 Å². The zero-order valence-electron chi connectivity index (χ0n) is 17.9. The minimum atomic E-state index is -0.899. The van der Waals surface area contributed by atoms with Crippen LogP contribution in [-0.4, -0.2) is 68.0 Å². The summed E-state index contributed by atoms with van der Waals surface area (Å²) >= 11 is 0. The number of likely N-dealkylation sites (tertiary alicyclic amines) is 1. The number of aliphatic hydroxyl groups excluding tert-OH is 1. The summed E-state index contributed by atoms with van der Waals surface area (Å²) in [4.78, 5) is 29.3. The fourth-order valence-electron chi connectivity index (χ4n) is 3.64. The molecule has 1 N–H and O–H groups in total. The summed E-state index contributed by atoms with van der Waals surface area (Å²) in [5, 5.41) is 11.1. The van der Waals surface area contributed by atoms with Crippen molar-refractivity contribution < 1.29 is 28.6 Å². The van der Waals surface area contributed by atoms with E-state index in [0.29, 0.717) is 17.9 Å². The van der Waals surface area contributed by atoms with E-state index in [1.54, 1.807) is 24.3 Å². The number of ether oxygens (including phenoxy) is 2. The zero-order valence-corrected chi connectivity index (χ0v) is 17.9. The second-order valence-electron chi connectivity index (χ2n) is 7.38. The quantitative estimate of drug-likeness (QED) is 0.415. The molecule has 1 unspecified atom stereocenters. The van der Waals surface area contributed by atoms with Crippen molar-refractivity contribution >= 4 is 17.4 Å². The molecule has 0 bridgehead atoms. The molecule has 0 aliphatic carbocycles. The molecular formula is C23H25FN2O5. The summed E-state index contributed by atoms with van der Waals surface area (Å²) in [6, 6.07) is 9.67. The Morgan fingerprint density at radius 1 is 1.10 bits per heavy atom. The molecule has 1 aliphatic heterocycles. The number of aliphatic hydroxyl groups is 1. The van der Waals surface area contributed by atoms with E-state index in [1.165, 1.54) is 31.3 Å². The van der Waals surface area contributed by atoms with E-state index >= 15 is 0 Å². The molecule has 0 spiro atoms. The average Bonchev–Trinajstić information content (AvgIpc) is 3.01. The molecule has 7 nitrogen and oxygen atoms in total. The molecule has 8 heteroatoms. The van der Waals surface area contributed by atoms with Crippen LogP contribution < -0.4 is 9.47 Å². The Balaban J connectivity index is 2.25. The highest BCUT2D eigenvalue weighted by Crippen LogP contribution is 2.43. The monoisotopic (exact) mass is 428 g/mol. The van der Waals surface area contributed by atoms with Crippen LogP contribution in [0.25, 0.3) is 5.76 Å². The summed E-state index contributed by atoms with van der Waals surface area (Å²) in [5.41, 5.74) is 0.394. The number of benzene rings is 2. The fraction of sp³-hybridized carbons (Fsp3) is 0.304. The largest absolute Gasteiger partial charge is 0.507 e. The molecule has 1 saturated heterocycles. The molecule has 1 aliphatic rings. The van der Waals surface area contributed by atoms with Crippen LogP contribution in [0, 0.1) is 5.82 Å². The van der Waals surface area contributed by atoms with Crippen molar-refractivity contribution in [1.29, 1.82) is 0 Å². The number of likely N-dealkylation sites (N-methyl/N-ethyl adjacent to an activating group) is 1.